The average molecular weight is 370 g/mol. The molecule has 2 aromatic rings. The second kappa shape index (κ2) is 8.09. The molecule has 7 heteroatoms. The molecule has 7 nitrogen and oxygen atoms in total. The third kappa shape index (κ3) is 4.77. The summed E-state index contributed by atoms with van der Waals surface area (Å²) < 4.78 is 10.7. The number of likely N-dealkylation sites (N-methyl/N-ethyl adjacent to an activating group) is 1. The lowest BCUT2D eigenvalue weighted by molar-refractivity contribution is -0.885. The molecule has 1 aliphatic heterocycles. The van der Waals surface area contributed by atoms with E-state index in [0.29, 0.717) is 24.3 Å². The van der Waals surface area contributed by atoms with E-state index in [9.17, 15) is 9.59 Å². The monoisotopic (exact) mass is 370 g/mol. The Kier molecular flexibility index (Phi) is 5.61. The fourth-order valence-electron chi connectivity index (χ4n) is 2.90. The zero-order valence-electron chi connectivity index (χ0n) is 15.7. The normalized spacial score (nSPS) is 13.1. The van der Waals surface area contributed by atoms with Crippen LogP contribution in [-0.4, -0.2) is 51.2 Å². The van der Waals surface area contributed by atoms with Crippen LogP contribution in [0.1, 0.15) is 15.9 Å². The number of nitrogens with one attached hydrogen (secondary N) is 2. The van der Waals surface area contributed by atoms with Gasteiger partial charge in [0.15, 0.2) is 18.0 Å². The van der Waals surface area contributed by atoms with E-state index in [1.807, 2.05) is 25.2 Å². The average Bonchev–Trinajstić information content (AvgIpc) is 3.09. The number of hydrogen-bond donors (Lipinski definition) is 2. The zero-order valence-corrected chi connectivity index (χ0v) is 15.7. The minimum absolute atomic E-state index is 0.0687. The Labute approximate surface area is 158 Å². The van der Waals surface area contributed by atoms with Gasteiger partial charge in [0.05, 0.1) is 7.05 Å². The highest BCUT2D eigenvalue weighted by atomic mass is 16.7. The van der Waals surface area contributed by atoms with Gasteiger partial charge >= 0.3 is 0 Å². The van der Waals surface area contributed by atoms with Crippen LogP contribution in [-0.2, 0) is 11.3 Å². The maximum atomic E-state index is 12.3. The SMILES string of the molecule is CN(C)C(=O)c1ccc(NC(=O)C[NH+](C)Cc2ccc3c(c2)OCO3)cc1. The van der Waals surface area contributed by atoms with E-state index in [0.717, 1.165) is 22.0 Å². The third-order valence-corrected chi connectivity index (χ3v) is 4.23. The maximum Gasteiger partial charge on any atom is 0.279 e. The predicted molar refractivity (Wildman–Crippen MR) is 101 cm³/mol. The van der Waals surface area contributed by atoms with Crippen LogP contribution in [0.5, 0.6) is 11.5 Å². The standard InChI is InChI=1S/C20H23N3O4/c1-22(2)20(25)15-5-7-16(8-6-15)21-19(24)12-23(3)11-14-4-9-17-18(10-14)27-13-26-17/h4-10H,11-13H2,1-3H3,(H,21,24)/p+1. The molecule has 0 saturated heterocycles. The van der Waals surface area contributed by atoms with E-state index in [4.69, 9.17) is 9.47 Å². The molecule has 27 heavy (non-hydrogen) atoms. The van der Waals surface area contributed by atoms with Crippen LogP contribution in [0.2, 0.25) is 0 Å². The van der Waals surface area contributed by atoms with Crippen LogP contribution in [0.3, 0.4) is 0 Å². The zero-order chi connectivity index (χ0) is 19.4. The van der Waals surface area contributed by atoms with Crippen molar-refractivity contribution in [1.29, 1.82) is 0 Å². The number of rotatable bonds is 6. The van der Waals surface area contributed by atoms with E-state index in [2.05, 4.69) is 5.32 Å². The van der Waals surface area contributed by atoms with E-state index in [1.165, 1.54) is 4.90 Å². The van der Waals surface area contributed by atoms with Crippen molar-refractivity contribution in [2.45, 2.75) is 6.54 Å². The topological polar surface area (TPSA) is 72.3 Å². The van der Waals surface area contributed by atoms with E-state index >= 15 is 0 Å². The highest BCUT2D eigenvalue weighted by molar-refractivity contribution is 5.95. The maximum absolute atomic E-state index is 12.3. The van der Waals surface area contributed by atoms with Crippen LogP contribution in [0, 0.1) is 0 Å². The predicted octanol–water partition coefficient (Wildman–Crippen LogP) is 0.771. The van der Waals surface area contributed by atoms with Gasteiger partial charge in [-0.05, 0) is 42.5 Å². The number of nitrogens with zero attached hydrogens (tertiary/aromatic N) is 1. The molecule has 2 amide bonds. The smallest absolute Gasteiger partial charge is 0.279 e. The van der Waals surface area contributed by atoms with Crippen LogP contribution in [0.25, 0.3) is 0 Å². The number of carbonyl (C=O) groups excluding carboxylic acids is 2. The molecule has 0 aliphatic carbocycles. The van der Waals surface area contributed by atoms with Gasteiger partial charge in [-0.3, -0.25) is 9.59 Å². The lowest BCUT2D eigenvalue weighted by atomic mass is 10.2. The Morgan fingerprint density at radius 2 is 1.78 bits per heavy atom. The molecule has 0 radical (unpaired) electrons. The first kappa shape index (κ1) is 18.7. The van der Waals surface area contributed by atoms with E-state index in [-0.39, 0.29) is 18.6 Å². The molecular formula is C20H24N3O4+. The highest BCUT2D eigenvalue weighted by Gasteiger charge is 2.16. The molecule has 1 unspecified atom stereocenters. The molecule has 0 spiro atoms. The first-order valence-corrected chi connectivity index (χ1v) is 8.74. The summed E-state index contributed by atoms with van der Waals surface area (Å²) in [6.45, 7) is 1.27. The summed E-state index contributed by atoms with van der Waals surface area (Å²) >= 11 is 0. The summed E-state index contributed by atoms with van der Waals surface area (Å²) in [5.74, 6) is 1.35. The van der Waals surface area contributed by atoms with Crippen molar-refractivity contribution in [3.8, 4) is 11.5 Å². The minimum Gasteiger partial charge on any atom is -0.454 e. The van der Waals surface area contributed by atoms with Gasteiger partial charge in [-0.25, -0.2) is 0 Å². The number of ether oxygens (including phenoxy) is 2. The number of benzene rings is 2. The Morgan fingerprint density at radius 3 is 2.48 bits per heavy atom. The van der Waals surface area contributed by atoms with Gasteiger partial charge in [0.1, 0.15) is 6.54 Å². The fourth-order valence-corrected chi connectivity index (χ4v) is 2.90. The summed E-state index contributed by atoms with van der Waals surface area (Å²) in [6, 6.07) is 12.7. The Hall–Kier alpha value is -3.06. The molecular weight excluding hydrogens is 346 g/mol. The van der Waals surface area contributed by atoms with Gasteiger partial charge < -0.3 is 24.6 Å². The van der Waals surface area contributed by atoms with Crippen molar-refractivity contribution in [2.24, 2.45) is 0 Å². The second-order valence-electron chi connectivity index (χ2n) is 6.82. The first-order valence-electron chi connectivity index (χ1n) is 8.74. The molecule has 0 saturated carbocycles. The minimum atomic E-state index is -0.0834. The van der Waals surface area contributed by atoms with E-state index < -0.39 is 0 Å². The lowest BCUT2D eigenvalue weighted by Crippen LogP contribution is -3.08. The summed E-state index contributed by atoms with van der Waals surface area (Å²) in [7, 11) is 5.37. The van der Waals surface area contributed by atoms with Crippen LogP contribution in [0.15, 0.2) is 42.5 Å². The number of fused-ring (bicyclic) bond motifs is 1. The van der Waals surface area contributed by atoms with Gasteiger partial charge in [0, 0.05) is 30.9 Å². The van der Waals surface area contributed by atoms with Crippen molar-refractivity contribution in [3.05, 3.63) is 53.6 Å². The van der Waals surface area contributed by atoms with Gasteiger partial charge in [-0.2, -0.15) is 0 Å². The van der Waals surface area contributed by atoms with Gasteiger partial charge in [0.2, 0.25) is 6.79 Å². The quantitative estimate of drug-likeness (QED) is 0.788. The number of carbonyl (C=O) groups is 2. The third-order valence-electron chi connectivity index (χ3n) is 4.23. The Morgan fingerprint density at radius 1 is 1.07 bits per heavy atom. The summed E-state index contributed by atoms with van der Waals surface area (Å²) in [5, 5.41) is 2.87. The second-order valence-corrected chi connectivity index (χ2v) is 6.82. The van der Waals surface area contributed by atoms with Crippen molar-refractivity contribution >= 4 is 17.5 Å². The van der Waals surface area contributed by atoms with Crippen LogP contribution >= 0.6 is 0 Å². The Balaban J connectivity index is 1.52. The van der Waals surface area contributed by atoms with Gasteiger partial charge in [0.25, 0.3) is 11.8 Å². The first-order chi connectivity index (χ1) is 12.9. The molecule has 0 bridgehead atoms. The number of amides is 2. The number of quaternary nitrogens is 1. The number of hydrogen-bond acceptors (Lipinski definition) is 4. The highest BCUT2D eigenvalue weighted by Crippen LogP contribution is 2.32. The summed E-state index contributed by atoms with van der Waals surface area (Å²) in [5.41, 5.74) is 2.34. The van der Waals surface area contributed by atoms with Gasteiger partial charge in [-0.15, -0.1) is 0 Å². The van der Waals surface area contributed by atoms with Gasteiger partial charge in [-0.1, -0.05) is 0 Å². The molecule has 2 N–H and O–H groups in total. The largest absolute Gasteiger partial charge is 0.454 e. The molecule has 1 aliphatic rings. The van der Waals surface area contributed by atoms with Crippen LogP contribution < -0.4 is 19.7 Å². The molecule has 3 rings (SSSR count). The molecule has 0 aromatic heterocycles. The Bertz CT molecular complexity index is 834. The summed E-state index contributed by atoms with van der Waals surface area (Å²) in [6.07, 6.45) is 0. The van der Waals surface area contributed by atoms with Crippen molar-refractivity contribution in [1.82, 2.24) is 4.90 Å². The van der Waals surface area contributed by atoms with Crippen molar-refractivity contribution in [3.63, 3.8) is 0 Å². The van der Waals surface area contributed by atoms with Crippen molar-refractivity contribution < 1.29 is 24.0 Å². The molecule has 0 fully saturated rings. The molecule has 2 aromatic carbocycles. The molecule has 142 valence electrons. The lowest BCUT2D eigenvalue weighted by Gasteiger charge is -2.14. The summed E-state index contributed by atoms with van der Waals surface area (Å²) in [4.78, 5) is 26.7. The van der Waals surface area contributed by atoms with Crippen molar-refractivity contribution in [2.75, 3.05) is 39.8 Å². The number of anilines is 1. The fraction of sp³-hybridized carbons (Fsp3) is 0.300. The molecule has 1 atom stereocenters. The van der Waals surface area contributed by atoms with Crippen LogP contribution in [0.4, 0.5) is 5.69 Å². The van der Waals surface area contributed by atoms with E-state index in [1.54, 1.807) is 38.4 Å². The molecule has 1 heterocycles.